The molecule has 1 aromatic heterocycles. The van der Waals surface area contributed by atoms with Gasteiger partial charge in [-0.25, -0.2) is 0 Å². The first kappa shape index (κ1) is 13.2. The number of hydrogen-bond acceptors (Lipinski definition) is 2. The monoisotopic (exact) mass is 277 g/mol. The number of benzene rings is 1. The first-order valence-electron chi connectivity index (χ1n) is 6.78. The first-order valence-corrected chi connectivity index (χ1v) is 6.78. The van der Waals surface area contributed by atoms with Gasteiger partial charge in [0.1, 0.15) is 0 Å². The molecule has 104 valence electrons. The van der Waals surface area contributed by atoms with Gasteiger partial charge in [0.25, 0.3) is 0 Å². The SMILES string of the molecule is CC(=O)N1C=CC(c2c(C)[nH]c3ccccc23)C(C#N)=C1. The van der Waals surface area contributed by atoms with Gasteiger partial charge in [-0.3, -0.25) is 9.69 Å². The lowest BCUT2D eigenvalue weighted by Gasteiger charge is -2.22. The van der Waals surface area contributed by atoms with Gasteiger partial charge in [0.05, 0.1) is 11.6 Å². The highest BCUT2D eigenvalue weighted by Gasteiger charge is 2.24. The summed E-state index contributed by atoms with van der Waals surface area (Å²) < 4.78 is 0. The molecular formula is C17H15N3O. The highest BCUT2D eigenvalue weighted by atomic mass is 16.2. The van der Waals surface area contributed by atoms with Crippen molar-refractivity contribution in [2.45, 2.75) is 19.8 Å². The Morgan fingerprint density at radius 2 is 2.14 bits per heavy atom. The zero-order valence-electron chi connectivity index (χ0n) is 11.9. The van der Waals surface area contributed by atoms with Crippen molar-refractivity contribution < 1.29 is 4.79 Å². The quantitative estimate of drug-likeness (QED) is 0.869. The van der Waals surface area contributed by atoms with E-state index in [-0.39, 0.29) is 11.8 Å². The second kappa shape index (κ2) is 4.95. The summed E-state index contributed by atoms with van der Waals surface area (Å²) in [4.78, 5) is 16.2. The normalized spacial score (nSPS) is 17.7. The van der Waals surface area contributed by atoms with Crippen LogP contribution in [0.3, 0.4) is 0 Å². The van der Waals surface area contributed by atoms with Crippen LogP contribution in [0.25, 0.3) is 10.9 Å². The minimum atomic E-state index is -0.123. The molecule has 1 unspecified atom stereocenters. The van der Waals surface area contributed by atoms with Crippen molar-refractivity contribution in [3.8, 4) is 6.07 Å². The average molecular weight is 277 g/mol. The Balaban J connectivity index is 2.14. The maximum absolute atomic E-state index is 11.4. The fraction of sp³-hybridized carbons (Fsp3) is 0.176. The van der Waals surface area contributed by atoms with Crippen molar-refractivity contribution in [3.63, 3.8) is 0 Å². The number of carbonyl (C=O) groups excluding carboxylic acids is 1. The highest BCUT2D eigenvalue weighted by molar-refractivity contribution is 5.86. The number of carbonyl (C=O) groups is 1. The number of aryl methyl sites for hydroxylation is 1. The molecule has 0 spiro atoms. The number of para-hydroxylation sites is 1. The molecule has 4 heteroatoms. The molecule has 1 aliphatic heterocycles. The topological polar surface area (TPSA) is 59.9 Å². The van der Waals surface area contributed by atoms with E-state index in [1.165, 1.54) is 11.8 Å². The van der Waals surface area contributed by atoms with Gasteiger partial charge in [0.15, 0.2) is 0 Å². The van der Waals surface area contributed by atoms with E-state index >= 15 is 0 Å². The summed E-state index contributed by atoms with van der Waals surface area (Å²) in [6.45, 7) is 3.49. The number of aromatic amines is 1. The molecule has 0 bridgehead atoms. The fourth-order valence-electron chi connectivity index (χ4n) is 2.80. The zero-order chi connectivity index (χ0) is 15.0. The Morgan fingerprint density at radius 1 is 1.38 bits per heavy atom. The lowest BCUT2D eigenvalue weighted by Crippen LogP contribution is -2.21. The van der Waals surface area contributed by atoms with Gasteiger partial charge in [-0.1, -0.05) is 24.3 Å². The molecule has 2 heterocycles. The van der Waals surface area contributed by atoms with Crippen molar-refractivity contribution in [2.75, 3.05) is 0 Å². The van der Waals surface area contributed by atoms with Crippen LogP contribution in [0.2, 0.25) is 0 Å². The summed E-state index contributed by atoms with van der Waals surface area (Å²) in [7, 11) is 0. The van der Waals surface area contributed by atoms with Crippen molar-refractivity contribution in [2.24, 2.45) is 0 Å². The maximum atomic E-state index is 11.4. The number of rotatable bonds is 1. The van der Waals surface area contributed by atoms with Crippen molar-refractivity contribution in [3.05, 3.63) is 59.6 Å². The molecule has 0 radical (unpaired) electrons. The van der Waals surface area contributed by atoms with Gasteiger partial charge in [0, 0.05) is 41.8 Å². The molecule has 0 fully saturated rings. The third-order valence-corrected chi connectivity index (χ3v) is 3.80. The molecule has 2 aromatic rings. The Bertz CT molecular complexity index is 820. The second-order valence-electron chi connectivity index (χ2n) is 5.15. The minimum absolute atomic E-state index is 0.104. The zero-order valence-corrected chi connectivity index (χ0v) is 11.9. The first-order chi connectivity index (χ1) is 10.1. The molecule has 0 saturated carbocycles. The molecule has 1 N–H and O–H groups in total. The Kier molecular flexibility index (Phi) is 3.11. The summed E-state index contributed by atoms with van der Waals surface area (Å²) >= 11 is 0. The number of hydrogen-bond donors (Lipinski definition) is 1. The molecule has 1 aromatic carbocycles. The van der Waals surface area contributed by atoms with E-state index in [4.69, 9.17) is 0 Å². The third kappa shape index (κ3) is 2.13. The van der Waals surface area contributed by atoms with Crippen molar-refractivity contribution >= 4 is 16.8 Å². The summed E-state index contributed by atoms with van der Waals surface area (Å²) in [6.07, 6.45) is 5.26. The molecule has 1 atom stereocenters. The summed E-state index contributed by atoms with van der Waals surface area (Å²) in [5, 5.41) is 10.5. The molecule has 0 saturated heterocycles. The van der Waals surface area contributed by atoms with Gasteiger partial charge in [-0.05, 0) is 18.6 Å². The van der Waals surface area contributed by atoms with E-state index in [2.05, 4.69) is 11.1 Å². The molecule has 0 aliphatic carbocycles. The molecule has 3 rings (SSSR count). The maximum Gasteiger partial charge on any atom is 0.227 e. The fourth-order valence-corrected chi connectivity index (χ4v) is 2.80. The van der Waals surface area contributed by atoms with E-state index in [1.807, 2.05) is 37.3 Å². The molecule has 1 amide bonds. The van der Waals surface area contributed by atoms with Crippen LogP contribution in [0.4, 0.5) is 0 Å². The van der Waals surface area contributed by atoms with Gasteiger partial charge >= 0.3 is 0 Å². The molecule has 21 heavy (non-hydrogen) atoms. The summed E-state index contributed by atoms with van der Waals surface area (Å²) in [5.74, 6) is -0.227. The average Bonchev–Trinajstić information content (AvgIpc) is 2.82. The minimum Gasteiger partial charge on any atom is -0.358 e. The number of aromatic nitrogens is 1. The van der Waals surface area contributed by atoms with Gasteiger partial charge in [-0.2, -0.15) is 5.26 Å². The van der Waals surface area contributed by atoms with E-state index in [9.17, 15) is 10.1 Å². The van der Waals surface area contributed by atoms with Gasteiger partial charge in [0.2, 0.25) is 5.91 Å². The Hall–Kier alpha value is -2.80. The van der Waals surface area contributed by atoms with Gasteiger partial charge < -0.3 is 4.98 Å². The molecular weight excluding hydrogens is 262 g/mol. The van der Waals surface area contributed by atoms with Crippen LogP contribution < -0.4 is 0 Å². The molecule has 4 nitrogen and oxygen atoms in total. The lowest BCUT2D eigenvalue weighted by molar-refractivity contribution is -0.124. The predicted molar refractivity (Wildman–Crippen MR) is 81.1 cm³/mol. The number of fused-ring (bicyclic) bond motifs is 1. The van der Waals surface area contributed by atoms with Crippen LogP contribution in [0.5, 0.6) is 0 Å². The Labute approximate surface area is 123 Å². The number of H-pyrrole nitrogens is 1. The third-order valence-electron chi connectivity index (χ3n) is 3.80. The van der Waals surface area contributed by atoms with E-state index < -0.39 is 0 Å². The van der Waals surface area contributed by atoms with E-state index in [0.717, 1.165) is 22.2 Å². The smallest absolute Gasteiger partial charge is 0.227 e. The van der Waals surface area contributed by atoms with Crippen molar-refractivity contribution in [1.29, 1.82) is 5.26 Å². The lowest BCUT2D eigenvalue weighted by atomic mass is 9.88. The van der Waals surface area contributed by atoms with Crippen molar-refractivity contribution in [1.82, 2.24) is 9.88 Å². The summed E-state index contributed by atoms with van der Waals surface area (Å²) in [6, 6.07) is 10.3. The van der Waals surface area contributed by atoms with E-state index in [1.54, 1.807) is 12.4 Å². The number of amides is 1. The second-order valence-corrected chi connectivity index (χ2v) is 5.15. The van der Waals surface area contributed by atoms with Crippen LogP contribution >= 0.6 is 0 Å². The van der Waals surface area contributed by atoms with Crippen LogP contribution in [-0.2, 0) is 4.79 Å². The summed E-state index contributed by atoms with van der Waals surface area (Å²) in [5.41, 5.74) is 3.77. The standard InChI is InChI=1S/C17H15N3O/c1-11-17(15-5-3-4-6-16(15)19-11)14-7-8-20(12(2)21)10-13(14)9-18/h3-8,10,14,19H,1-2H3. The predicted octanol–water partition coefficient (Wildman–Crippen LogP) is 3.34. The Morgan fingerprint density at radius 3 is 2.86 bits per heavy atom. The number of nitrogens with zero attached hydrogens (tertiary/aromatic N) is 2. The highest BCUT2D eigenvalue weighted by Crippen LogP contribution is 2.36. The van der Waals surface area contributed by atoms with E-state index in [0.29, 0.717) is 5.57 Å². The number of nitrogens with one attached hydrogen (secondary N) is 1. The van der Waals surface area contributed by atoms with Crippen LogP contribution in [0, 0.1) is 18.3 Å². The number of allylic oxidation sites excluding steroid dienone is 2. The molecule has 1 aliphatic rings. The van der Waals surface area contributed by atoms with Crippen LogP contribution in [0.15, 0.2) is 48.3 Å². The largest absolute Gasteiger partial charge is 0.358 e. The van der Waals surface area contributed by atoms with Crippen LogP contribution in [-0.4, -0.2) is 15.8 Å². The number of nitriles is 1. The van der Waals surface area contributed by atoms with Gasteiger partial charge in [-0.15, -0.1) is 0 Å². The van der Waals surface area contributed by atoms with Crippen LogP contribution in [0.1, 0.15) is 24.1 Å².